The first-order valence-corrected chi connectivity index (χ1v) is 11.0. The monoisotopic (exact) mass is 407 g/mol. The highest BCUT2D eigenvalue weighted by atomic mass is 32.1. The molecule has 1 amide bonds. The summed E-state index contributed by atoms with van der Waals surface area (Å²) in [7, 11) is 0. The van der Waals surface area contributed by atoms with Gasteiger partial charge in [0.05, 0.1) is 10.2 Å². The van der Waals surface area contributed by atoms with Gasteiger partial charge in [-0.2, -0.15) is 0 Å². The van der Waals surface area contributed by atoms with E-state index in [4.69, 9.17) is 4.74 Å². The minimum atomic E-state index is 0.204. The molecule has 150 valence electrons. The van der Waals surface area contributed by atoms with Gasteiger partial charge >= 0.3 is 0 Å². The van der Waals surface area contributed by atoms with Crippen LogP contribution in [0.5, 0.6) is 10.9 Å². The summed E-state index contributed by atoms with van der Waals surface area (Å²) in [6, 6.07) is 14.7. The predicted octanol–water partition coefficient (Wildman–Crippen LogP) is 4.35. The number of fused-ring (bicyclic) bond motifs is 2. The van der Waals surface area contributed by atoms with Gasteiger partial charge in [0.1, 0.15) is 5.75 Å². The number of carbonyl (C=O) groups is 1. The number of piperidine rings is 1. The molecule has 6 heteroatoms. The second-order valence-electron chi connectivity index (χ2n) is 8.23. The van der Waals surface area contributed by atoms with E-state index in [1.54, 1.807) is 18.3 Å². The Labute approximate surface area is 174 Å². The van der Waals surface area contributed by atoms with E-state index < -0.39 is 0 Å². The van der Waals surface area contributed by atoms with E-state index in [2.05, 4.69) is 41.5 Å². The molecule has 1 aromatic heterocycles. The lowest BCUT2D eigenvalue weighted by Crippen LogP contribution is -2.43. The Morgan fingerprint density at radius 2 is 2.10 bits per heavy atom. The molecule has 3 atom stereocenters. The van der Waals surface area contributed by atoms with E-state index in [0.29, 0.717) is 17.2 Å². The topological polar surface area (TPSA) is 54.5 Å². The summed E-state index contributed by atoms with van der Waals surface area (Å²) in [4.78, 5) is 18.4. The normalized spacial score (nSPS) is 22.7. The second-order valence-corrected chi connectivity index (χ2v) is 9.22. The standard InChI is InChI=1S/C23H25N3O2S/c1-14-3-8-20-22(9-14)29-23(25-20)28-18-6-4-16(5-7-18)11-24-12-21-19-10-17(19)13-26(21)15(2)27/h3-9,17,19,21,24H,10-13H2,1-2H3. The Morgan fingerprint density at radius 3 is 2.90 bits per heavy atom. The number of hydrogen-bond acceptors (Lipinski definition) is 5. The van der Waals surface area contributed by atoms with Crippen molar-refractivity contribution in [2.45, 2.75) is 32.9 Å². The van der Waals surface area contributed by atoms with Crippen LogP contribution < -0.4 is 10.1 Å². The summed E-state index contributed by atoms with van der Waals surface area (Å²) >= 11 is 1.57. The minimum Gasteiger partial charge on any atom is -0.431 e. The number of aromatic nitrogens is 1. The Kier molecular flexibility index (Phi) is 4.76. The van der Waals surface area contributed by atoms with Crippen molar-refractivity contribution in [3.8, 4) is 10.9 Å². The average molecular weight is 408 g/mol. The Bertz CT molecular complexity index is 1050. The molecule has 5 nitrogen and oxygen atoms in total. The number of ether oxygens (including phenoxy) is 1. The number of aryl methyl sites for hydroxylation is 1. The van der Waals surface area contributed by atoms with Gasteiger partial charge in [-0.15, -0.1) is 0 Å². The molecular weight excluding hydrogens is 382 g/mol. The highest BCUT2D eigenvalue weighted by Gasteiger charge is 2.52. The van der Waals surface area contributed by atoms with Crippen LogP contribution in [0.3, 0.4) is 0 Å². The molecular formula is C23H25N3O2S. The van der Waals surface area contributed by atoms with E-state index in [1.807, 2.05) is 23.1 Å². The molecule has 0 bridgehead atoms. The van der Waals surface area contributed by atoms with E-state index in [0.717, 1.165) is 41.5 Å². The Hall–Kier alpha value is -2.44. The van der Waals surface area contributed by atoms with Gasteiger partial charge in [-0.1, -0.05) is 29.5 Å². The van der Waals surface area contributed by atoms with Gasteiger partial charge in [0.15, 0.2) is 0 Å². The maximum absolute atomic E-state index is 11.8. The fraction of sp³-hybridized carbons (Fsp3) is 0.391. The number of nitrogens with zero attached hydrogens (tertiary/aromatic N) is 2. The number of thiazole rings is 1. The molecule has 5 rings (SSSR count). The molecule has 1 N–H and O–H groups in total. The molecule has 1 saturated carbocycles. The molecule has 1 saturated heterocycles. The zero-order valence-electron chi connectivity index (χ0n) is 16.7. The van der Waals surface area contributed by atoms with Crippen molar-refractivity contribution in [2.24, 2.45) is 11.8 Å². The second kappa shape index (κ2) is 7.43. The van der Waals surface area contributed by atoms with E-state index in [9.17, 15) is 4.79 Å². The zero-order valence-corrected chi connectivity index (χ0v) is 17.5. The molecule has 2 fully saturated rings. The Balaban J connectivity index is 1.16. The van der Waals surface area contributed by atoms with Crippen molar-refractivity contribution < 1.29 is 9.53 Å². The summed E-state index contributed by atoms with van der Waals surface area (Å²) in [5, 5.41) is 4.20. The van der Waals surface area contributed by atoms with Crippen LogP contribution in [0.15, 0.2) is 42.5 Å². The fourth-order valence-corrected chi connectivity index (χ4v) is 5.32. The largest absolute Gasteiger partial charge is 0.431 e. The molecule has 0 radical (unpaired) electrons. The van der Waals surface area contributed by atoms with Crippen LogP contribution in [-0.4, -0.2) is 34.9 Å². The SMILES string of the molecule is CC(=O)N1CC2CC2C1CNCc1ccc(Oc2nc3ccc(C)cc3s2)cc1. The first kappa shape index (κ1) is 18.6. The number of carbonyl (C=O) groups excluding carboxylic acids is 1. The van der Waals surface area contributed by atoms with Crippen molar-refractivity contribution in [3.05, 3.63) is 53.6 Å². The number of benzene rings is 2. The van der Waals surface area contributed by atoms with Crippen LogP contribution >= 0.6 is 11.3 Å². The number of hydrogen-bond donors (Lipinski definition) is 1. The Morgan fingerprint density at radius 1 is 1.28 bits per heavy atom. The van der Waals surface area contributed by atoms with Crippen molar-refractivity contribution >= 4 is 27.5 Å². The third-order valence-electron chi connectivity index (χ3n) is 6.04. The molecule has 2 heterocycles. The summed E-state index contributed by atoms with van der Waals surface area (Å²) in [6.07, 6.45) is 1.29. The van der Waals surface area contributed by atoms with Crippen LogP contribution in [0.25, 0.3) is 10.2 Å². The third kappa shape index (κ3) is 3.87. The third-order valence-corrected chi connectivity index (χ3v) is 6.94. The molecule has 29 heavy (non-hydrogen) atoms. The lowest BCUT2D eigenvalue weighted by Gasteiger charge is -2.26. The lowest BCUT2D eigenvalue weighted by atomic mass is 10.1. The van der Waals surface area contributed by atoms with E-state index in [-0.39, 0.29) is 5.91 Å². The van der Waals surface area contributed by atoms with Gasteiger partial charge in [-0.25, -0.2) is 4.98 Å². The fourth-order valence-electron chi connectivity index (χ4n) is 4.39. The minimum absolute atomic E-state index is 0.204. The number of likely N-dealkylation sites (tertiary alicyclic amines) is 1. The van der Waals surface area contributed by atoms with Gasteiger partial charge in [0, 0.05) is 32.6 Å². The summed E-state index contributed by atoms with van der Waals surface area (Å²) in [6.45, 7) is 6.37. The van der Waals surface area contributed by atoms with Gasteiger partial charge < -0.3 is 15.0 Å². The molecule has 2 aromatic carbocycles. The molecule has 1 aliphatic heterocycles. The van der Waals surface area contributed by atoms with Crippen molar-refractivity contribution in [2.75, 3.05) is 13.1 Å². The summed E-state index contributed by atoms with van der Waals surface area (Å²) in [5.74, 6) is 2.45. The van der Waals surface area contributed by atoms with E-state index >= 15 is 0 Å². The molecule has 1 aliphatic carbocycles. The molecule has 2 aliphatic rings. The number of amides is 1. The number of nitrogens with one attached hydrogen (secondary N) is 1. The first-order chi connectivity index (χ1) is 14.1. The van der Waals surface area contributed by atoms with Crippen LogP contribution in [0.4, 0.5) is 0 Å². The molecule has 0 spiro atoms. The van der Waals surface area contributed by atoms with Gasteiger partial charge in [0.2, 0.25) is 5.91 Å². The smallest absolute Gasteiger partial charge is 0.279 e. The van der Waals surface area contributed by atoms with Gasteiger partial charge in [0.25, 0.3) is 5.19 Å². The van der Waals surface area contributed by atoms with Crippen LogP contribution in [-0.2, 0) is 11.3 Å². The van der Waals surface area contributed by atoms with E-state index in [1.165, 1.54) is 17.5 Å². The highest BCUT2D eigenvalue weighted by molar-refractivity contribution is 7.20. The van der Waals surface area contributed by atoms with Crippen molar-refractivity contribution in [1.29, 1.82) is 0 Å². The quantitative estimate of drug-likeness (QED) is 0.660. The van der Waals surface area contributed by atoms with Crippen LogP contribution in [0, 0.1) is 18.8 Å². The lowest BCUT2D eigenvalue weighted by molar-refractivity contribution is -0.130. The zero-order chi connectivity index (χ0) is 20.0. The maximum Gasteiger partial charge on any atom is 0.279 e. The van der Waals surface area contributed by atoms with Crippen LogP contribution in [0.1, 0.15) is 24.5 Å². The van der Waals surface area contributed by atoms with Crippen molar-refractivity contribution in [1.82, 2.24) is 15.2 Å². The first-order valence-electron chi connectivity index (χ1n) is 10.2. The maximum atomic E-state index is 11.8. The molecule has 3 aromatic rings. The number of rotatable bonds is 6. The highest BCUT2D eigenvalue weighted by Crippen LogP contribution is 2.49. The van der Waals surface area contributed by atoms with Gasteiger partial charge in [-0.05, 0) is 60.6 Å². The average Bonchev–Trinajstić information content (AvgIpc) is 3.21. The predicted molar refractivity (Wildman–Crippen MR) is 115 cm³/mol. The summed E-state index contributed by atoms with van der Waals surface area (Å²) in [5.41, 5.74) is 3.41. The van der Waals surface area contributed by atoms with Crippen molar-refractivity contribution in [3.63, 3.8) is 0 Å². The molecule has 3 unspecified atom stereocenters. The summed E-state index contributed by atoms with van der Waals surface area (Å²) < 4.78 is 7.09. The van der Waals surface area contributed by atoms with Gasteiger partial charge in [-0.3, -0.25) is 4.79 Å². The van der Waals surface area contributed by atoms with Crippen LogP contribution in [0.2, 0.25) is 0 Å².